The Hall–Kier alpha value is -1.58. The molecular weight excluding hydrogens is 235 g/mol. The zero-order valence-electron chi connectivity index (χ0n) is 11.2. The summed E-state index contributed by atoms with van der Waals surface area (Å²) in [5.74, 6) is -0.633. The van der Waals surface area contributed by atoms with E-state index in [1.54, 1.807) is 19.1 Å². The van der Waals surface area contributed by atoms with Crippen molar-refractivity contribution in [1.82, 2.24) is 0 Å². The molecule has 0 amide bonds. The molecule has 0 aliphatic heterocycles. The molecule has 1 aromatic carbocycles. The number of para-hydroxylation sites is 1. The summed E-state index contributed by atoms with van der Waals surface area (Å²) in [7, 11) is 0. The molecule has 100 valence electrons. The van der Waals surface area contributed by atoms with E-state index in [0.717, 1.165) is 5.56 Å². The van der Waals surface area contributed by atoms with Crippen LogP contribution in [0.4, 0.5) is 4.39 Å². The number of carbonyl (C=O) groups is 1. The van der Waals surface area contributed by atoms with E-state index in [-0.39, 0.29) is 12.0 Å². The molecule has 0 fully saturated rings. The lowest BCUT2D eigenvalue weighted by molar-refractivity contribution is -0.159. The molecule has 1 rings (SSSR count). The molecule has 1 atom stereocenters. The molecule has 0 saturated heterocycles. The van der Waals surface area contributed by atoms with Gasteiger partial charge in [-0.1, -0.05) is 39.0 Å². The van der Waals surface area contributed by atoms with E-state index in [2.05, 4.69) is 4.74 Å². The highest BCUT2D eigenvalue weighted by molar-refractivity contribution is 5.73. The first-order valence-corrected chi connectivity index (χ1v) is 5.93. The van der Waals surface area contributed by atoms with Crippen LogP contribution in [0.25, 0.3) is 0 Å². The zero-order valence-corrected chi connectivity index (χ0v) is 11.2. The van der Waals surface area contributed by atoms with E-state index in [1.807, 2.05) is 32.9 Å². The van der Waals surface area contributed by atoms with Crippen LogP contribution in [0.3, 0.4) is 0 Å². The molecule has 3 nitrogen and oxygen atoms in total. The van der Waals surface area contributed by atoms with Crippen molar-refractivity contribution in [2.45, 2.75) is 39.5 Å². The van der Waals surface area contributed by atoms with Gasteiger partial charge in [-0.15, -0.1) is 0 Å². The molecule has 0 radical (unpaired) electrons. The summed E-state index contributed by atoms with van der Waals surface area (Å²) in [6, 6.07) is 7.09. The molecule has 1 unspecified atom stereocenters. The fourth-order valence-electron chi connectivity index (χ4n) is 1.56. The fraction of sp³-hybridized carbons (Fsp3) is 0.500. The molecule has 4 heteroatoms. The highest BCUT2D eigenvalue weighted by Gasteiger charge is 2.24. The smallest absolute Gasteiger partial charge is 0.381 e. The summed E-state index contributed by atoms with van der Waals surface area (Å²) in [5.41, 5.74) is 0.655. The molecule has 0 N–H and O–H groups in total. The number of hydrogen-bond acceptors (Lipinski definition) is 3. The van der Waals surface area contributed by atoms with E-state index in [4.69, 9.17) is 4.74 Å². The molecule has 0 heterocycles. The van der Waals surface area contributed by atoms with E-state index in [0.29, 0.717) is 5.75 Å². The van der Waals surface area contributed by atoms with Crippen LogP contribution in [0.5, 0.6) is 5.75 Å². The van der Waals surface area contributed by atoms with Gasteiger partial charge in [0.1, 0.15) is 5.75 Å². The first-order valence-electron chi connectivity index (χ1n) is 5.93. The average molecular weight is 254 g/mol. The Labute approximate surface area is 107 Å². The zero-order chi connectivity index (χ0) is 13.8. The van der Waals surface area contributed by atoms with Crippen LogP contribution in [0.15, 0.2) is 24.3 Å². The molecule has 0 aliphatic carbocycles. The first-order chi connectivity index (χ1) is 8.36. The second-order valence-electron chi connectivity index (χ2n) is 4.93. The van der Waals surface area contributed by atoms with Gasteiger partial charge in [-0.05, 0) is 24.0 Å². The third-order valence-corrected chi connectivity index (χ3v) is 2.40. The maximum absolute atomic E-state index is 13.5. The molecule has 18 heavy (non-hydrogen) atoms. The van der Waals surface area contributed by atoms with Crippen molar-refractivity contribution >= 4 is 5.97 Å². The second kappa shape index (κ2) is 5.85. The van der Waals surface area contributed by atoms with Gasteiger partial charge in [-0.25, -0.2) is 4.79 Å². The minimum Gasteiger partial charge on any atom is -0.461 e. The highest BCUT2D eigenvalue weighted by Crippen LogP contribution is 2.31. The number of carbonyl (C=O) groups excluding carboxylic acids is 1. The Bertz CT molecular complexity index is 410. The van der Waals surface area contributed by atoms with Gasteiger partial charge in [0.15, 0.2) is 0 Å². The van der Waals surface area contributed by atoms with Gasteiger partial charge in [-0.2, -0.15) is 4.39 Å². The maximum Gasteiger partial charge on any atom is 0.381 e. The maximum atomic E-state index is 13.5. The van der Waals surface area contributed by atoms with Crippen molar-refractivity contribution in [2.24, 2.45) is 0 Å². The minimum atomic E-state index is -2.09. The number of halogens is 1. The van der Waals surface area contributed by atoms with Crippen LogP contribution in [-0.2, 0) is 14.9 Å². The molecule has 0 spiro atoms. The summed E-state index contributed by atoms with van der Waals surface area (Å²) in [4.78, 5) is 11.2. The van der Waals surface area contributed by atoms with Crippen molar-refractivity contribution in [3.63, 3.8) is 0 Å². The van der Waals surface area contributed by atoms with Crippen LogP contribution in [0.2, 0.25) is 0 Å². The molecule has 0 aliphatic rings. The van der Waals surface area contributed by atoms with E-state index in [9.17, 15) is 9.18 Å². The lowest BCUT2D eigenvalue weighted by atomic mass is 9.86. The van der Waals surface area contributed by atoms with Crippen molar-refractivity contribution in [3.05, 3.63) is 29.8 Å². The van der Waals surface area contributed by atoms with Gasteiger partial charge in [0.05, 0.1) is 6.61 Å². The Morgan fingerprint density at radius 1 is 1.33 bits per heavy atom. The molecule has 0 aromatic heterocycles. The number of hydrogen-bond donors (Lipinski definition) is 0. The number of ether oxygens (including phenoxy) is 2. The summed E-state index contributed by atoms with van der Waals surface area (Å²) in [6.45, 7) is 7.73. The van der Waals surface area contributed by atoms with Gasteiger partial charge >= 0.3 is 12.3 Å². The number of esters is 1. The number of alkyl halides is 1. The van der Waals surface area contributed by atoms with Crippen LogP contribution in [0, 0.1) is 0 Å². The molecular formula is C14H19FO3. The predicted molar refractivity (Wildman–Crippen MR) is 67.3 cm³/mol. The van der Waals surface area contributed by atoms with Crippen molar-refractivity contribution < 1.29 is 18.7 Å². The predicted octanol–water partition coefficient (Wildman–Crippen LogP) is 3.22. The minimum absolute atomic E-state index is 0.129. The fourth-order valence-corrected chi connectivity index (χ4v) is 1.56. The molecule has 1 aromatic rings. The van der Waals surface area contributed by atoms with E-state index in [1.165, 1.54) is 0 Å². The van der Waals surface area contributed by atoms with Crippen molar-refractivity contribution in [3.8, 4) is 5.75 Å². The second-order valence-corrected chi connectivity index (χ2v) is 4.93. The number of rotatable bonds is 4. The van der Waals surface area contributed by atoms with Gasteiger partial charge in [0.2, 0.25) is 0 Å². The van der Waals surface area contributed by atoms with Crippen molar-refractivity contribution in [2.75, 3.05) is 6.61 Å². The average Bonchev–Trinajstić information content (AvgIpc) is 2.28. The highest BCUT2D eigenvalue weighted by atomic mass is 19.1. The Kier molecular flexibility index (Phi) is 4.70. The topological polar surface area (TPSA) is 35.5 Å². The van der Waals surface area contributed by atoms with Crippen molar-refractivity contribution in [1.29, 1.82) is 0 Å². The number of benzene rings is 1. The van der Waals surface area contributed by atoms with Gasteiger partial charge in [-0.3, -0.25) is 0 Å². The van der Waals surface area contributed by atoms with Crippen LogP contribution < -0.4 is 4.74 Å². The Morgan fingerprint density at radius 2 is 1.94 bits per heavy atom. The van der Waals surface area contributed by atoms with Gasteiger partial charge < -0.3 is 9.47 Å². The third-order valence-electron chi connectivity index (χ3n) is 2.40. The monoisotopic (exact) mass is 254 g/mol. The van der Waals surface area contributed by atoms with E-state index >= 15 is 0 Å². The quantitative estimate of drug-likeness (QED) is 0.774. The van der Waals surface area contributed by atoms with E-state index < -0.39 is 12.3 Å². The largest absolute Gasteiger partial charge is 0.461 e. The normalized spacial score (nSPS) is 12.9. The van der Waals surface area contributed by atoms with Gasteiger partial charge in [0.25, 0.3) is 0 Å². The van der Waals surface area contributed by atoms with Crippen LogP contribution in [0.1, 0.15) is 33.3 Å². The summed E-state index contributed by atoms with van der Waals surface area (Å²) >= 11 is 0. The molecule has 0 bridgehead atoms. The Balaban J connectivity index is 2.88. The SMILES string of the molecule is CCOC(=O)C(F)Oc1ccccc1C(C)(C)C. The Morgan fingerprint density at radius 3 is 2.50 bits per heavy atom. The summed E-state index contributed by atoms with van der Waals surface area (Å²) < 4.78 is 23.1. The third kappa shape index (κ3) is 3.72. The van der Waals surface area contributed by atoms with Crippen LogP contribution >= 0.6 is 0 Å². The molecule has 0 saturated carbocycles. The lowest BCUT2D eigenvalue weighted by Gasteiger charge is -2.23. The first kappa shape index (κ1) is 14.5. The summed E-state index contributed by atoms with van der Waals surface area (Å²) in [5, 5.41) is 0. The van der Waals surface area contributed by atoms with Crippen LogP contribution in [-0.4, -0.2) is 18.9 Å². The standard InChI is InChI=1S/C14H19FO3/c1-5-17-13(16)12(15)18-11-9-7-6-8-10(11)14(2,3)4/h6-9,12H,5H2,1-4H3. The van der Waals surface area contributed by atoms with Gasteiger partial charge in [0, 0.05) is 0 Å². The summed E-state index contributed by atoms with van der Waals surface area (Å²) in [6.07, 6.45) is -2.09. The lowest BCUT2D eigenvalue weighted by Crippen LogP contribution is -2.26.